The highest BCUT2D eigenvalue weighted by molar-refractivity contribution is 5.88. The molecule has 69 heavy (non-hydrogen) atoms. The third-order valence-electron chi connectivity index (χ3n) is 14.1. The van der Waals surface area contributed by atoms with Gasteiger partial charge in [-0.15, -0.1) is 0 Å². The number of carboxylic acid groups (broad SMARTS) is 1. The Bertz CT molecular complexity index is 1420. The Labute approximate surface area is 419 Å². The highest BCUT2D eigenvalue weighted by Gasteiger charge is 2.45. The molecule has 0 aliphatic carbocycles. The SMILES string of the molecule is CCCCCCCCCCCCCCCCCC(=O)NCCCCCCCCCCCCCCCCCC[C@@H]1O[C@H](CO)[C@@H](O)[C@H](O)[C@H]1NC(=O)[C@H](Cc1ccccc1)NC(=O)CCCCC(=O)O. The number of nitrogens with one attached hydrogen (secondary N) is 3. The van der Waals surface area contributed by atoms with Gasteiger partial charge < -0.3 is 41.1 Å². The first-order valence-electron chi connectivity index (χ1n) is 28.4. The molecule has 1 aliphatic rings. The van der Waals surface area contributed by atoms with Crippen LogP contribution in [0.1, 0.15) is 250 Å². The highest BCUT2D eigenvalue weighted by atomic mass is 16.5. The van der Waals surface area contributed by atoms with Gasteiger partial charge in [-0.25, -0.2) is 0 Å². The van der Waals surface area contributed by atoms with Crippen LogP contribution in [-0.4, -0.2) is 93.8 Å². The number of carbonyl (C=O) groups is 4. The second-order valence-corrected chi connectivity index (χ2v) is 20.3. The van der Waals surface area contributed by atoms with Gasteiger partial charge in [-0.1, -0.05) is 223 Å². The third kappa shape index (κ3) is 32.5. The van der Waals surface area contributed by atoms with E-state index in [0.717, 1.165) is 50.6 Å². The summed E-state index contributed by atoms with van der Waals surface area (Å²) in [4.78, 5) is 49.7. The Hall–Kier alpha value is -3.06. The average Bonchev–Trinajstić information content (AvgIpc) is 3.34. The Kier molecular flexibility index (Phi) is 38.3. The van der Waals surface area contributed by atoms with Gasteiger partial charge >= 0.3 is 5.97 Å². The molecule has 1 heterocycles. The van der Waals surface area contributed by atoms with Crippen molar-refractivity contribution in [1.29, 1.82) is 0 Å². The number of aliphatic carboxylic acids is 1. The maximum absolute atomic E-state index is 13.7. The van der Waals surface area contributed by atoms with Crippen LogP contribution in [0.2, 0.25) is 0 Å². The lowest BCUT2D eigenvalue weighted by Crippen LogP contribution is -2.65. The summed E-state index contributed by atoms with van der Waals surface area (Å²) in [6.07, 6.45) is 37.0. The van der Waals surface area contributed by atoms with Crippen molar-refractivity contribution in [1.82, 2.24) is 16.0 Å². The molecule has 2 rings (SSSR count). The van der Waals surface area contributed by atoms with Crippen LogP contribution in [-0.2, 0) is 30.3 Å². The number of hydrogen-bond donors (Lipinski definition) is 7. The van der Waals surface area contributed by atoms with E-state index in [4.69, 9.17) is 9.84 Å². The molecule has 1 aliphatic heterocycles. The van der Waals surface area contributed by atoms with Crippen LogP contribution in [0.4, 0.5) is 0 Å². The summed E-state index contributed by atoms with van der Waals surface area (Å²) >= 11 is 0. The molecule has 1 saturated heterocycles. The number of aliphatic hydroxyl groups excluding tert-OH is 3. The van der Waals surface area contributed by atoms with Crippen molar-refractivity contribution in [3.8, 4) is 0 Å². The van der Waals surface area contributed by atoms with E-state index in [1.807, 2.05) is 30.3 Å². The van der Waals surface area contributed by atoms with Crippen LogP contribution in [0.5, 0.6) is 0 Å². The Morgan fingerprint density at radius 3 is 1.46 bits per heavy atom. The molecule has 6 atom stereocenters. The summed E-state index contributed by atoms with van der Waals surface area (Å²) in [6.45, 7) is 2.63. The molecular weight excluding hydrogens is 871 g/mol. The fourth-order valence-corrected chi connectivity index (χ4v) is 9.69. The maximum Gasteiger partial charge on any atom is 0.303 e. The Morgan fingerprint density at radius 1 is 0.536 bits per heavy atom. The number of benzene rings is 1. The van der Waals surface area contributed by atoms with Gasteiger partial charge in [0.25, 0.3) is 0 Å². The third-order valence-corrected chi connectivity index (χ3v) is 14.1. The van der Waals surface area contributed by atoms with E-state index in [1.165, 1.54) is 161 Å². The smallest absolute Gasteiger partial charge is 0.303 e. The predicted octanol–water partition coefficient (Wildman–Crippen LogP) is 11.3. The number of aliphatic hydroxyl groups is 3. The Morgan fingerprint density at radius 2 is 0.971 bits per heavy atom. The molecule has 3 amide bonds. The van der Waals surface area contributed by atoms with Gasteiger partial charge in [-0.2, -0.15) is 0 Å². The zero-order valence-corrected chi connectivity index (χ0v) is 43.5. The van der Waals surface area contributed by atoms with Gasteiger partial charge in [0.2, 0.25) is 17.7 Å². The first-order valence-corrected chi connectivity index (χ1v) is 28.4. The monoisotopic (exact) mass is 972 g/mol. The Balaban J connectivity index is 1.48. The number of rotatable bonds is 46. The van der Waals surface area contributed by atoms with E-state index in [-0.39, 0.29) is 31.1 Å². The molecule has 398 valence electrons. The molecule has 12 heteroatoms. The molecule has 0 bridgehead atoms. The molecule has 0 aromatic heterocycles. The average molecular weight is 972 g/mol. The quantitative estimate of drug-likeness (QED) is 0.0311. The van der Waals surface area contributed by atoms with Crippen molar-refractivity contribution in [2.75, 3.05) is 13.2 Å². The normalized spacial score (nSPS) is 18.5. The number of carbonyl (C=O) groups excluding carboxylic acids is 3. The first kappa shape index (κ1) is 62.1. The van der Waals surface area contributed by atoms with E-state index in [2.05, 4.69) is 22.9 Å². The van der Waals surface area contributed by atoms with Crippen LogP contribution < -0.4 is 16.0 Å². The van der Waals surface area contributed by atoms with Gasteiger partial charge in [0.05, 0.1) is 18.8 Å². The number of ether oxygens (including phenoxy) is 1. The fraction of sp³-hybridized carbons (Fsp3) is 0.825. The highest BCUT2D eigenvalue weighted by Crippen LogP contribution is 2.26. The molecule has 12 nitrogen and oxygen atoms in total. The van der Waals surface area contributed by atoms with E-state index in [0.29, 0.717) is 25.7 Å². The minimum atomic E-state index is -1.39. The lowest BCUT2D eigenvalue weighted by Gasteiger charge is -2.43. The topological polar surface area (TPSA) is 195 Å². The minimum absolute atomic E-state index is 0.0353. The molecule has 0 radical (unpaired) electrons. The van der Waals surface area contributed by atoms with E-state index < -0.39 is 55.0 Å². The van der Waals surface area contributed by atoms with Crippen molar-refractivity contribution in [3.05, 3.63) is 35.9 Å². The van der Waals surface area contributed by atoms with Crippen molar-refractivity contribution < 1.29 is 44.3 Å². The van der Waals surface area contributed by atoms with Crippen LogP contribution in [0, 0.1) is 0 Å². The summed E-state index contributed by atoms with van der Waals surface area (Å²) in [6, 6.07) is 7.35. The lowest BCUT2D eigenvalue weighted by molar-refractivity contribution is -0.197. The number of amides is 3. The maximum atomic E-state index is 13.7. The molecule has 7 N–H and O–H groups in total. The van der Waals surface area contributed by atoms with Gasteiger partial charge in [-0.05, 0) is 37.7 Å². The zero-order valence-electron chi connectivity index (χ0n) is 43.5. The molecule has 1 aromatic rings. The van der Waals surface area contributed by atoms with Crippen molar-refractivity contribution >= 4 is 23.7 Å². The summed E-state index contributed by atoms with van der Waals surface area (Å²) in [7, 11) is 0. The second kappa shape index (κ2) is 42.6. The minimum Gasteiger partial charge on any atom is -0.481 e. The van der Waals surface area contributed by atoms with Crippen molar-refractivity contribution in [2.45, 2.75) is 287 Å². The van der Waals surface area contributed by atoms with Crippen molar-refractivity contribution in [2.24, 2.45) is 0 Å². The fourth-order valence-electron chi connectivity index (χ4n) is 9.69. The number of hydrogen-bond acceptors (Lipinski definition) is 8. The standard InChI is InChI=1S/C57H101N3O9/c1-2-3-4-5-6-7-8-9-12-16-19-22-25-28-34-41-51(62)58-44-37-29-26-23-20-17-14-11-10-13-15-18-21-24-27-33-40-49-54(56(67)55(66)50(46-61)69-49)60-57(68)48(45-47-38-31-30-32-39-47)59-52(63)42-35-36-43-53(64)65/h30-32,38-39,48-50,54-56,61,66-67H,2-29,33-37,40-46H2,1H3,(H,58,62)(H,59,63)(H,60,68)(H,64,65)/t48-,49-,50+,54-,55+,56+/m0/s1. The first-order chi connectivity index (χ1) is 33.7. The number of unbranched alkanes of at least 4 members (excludes halogenated alkanes) is 30. The van der Waals surface area contributed by atoms with E-state index >= 15 is 0 Å². The summed E-state index contributed by atoms with van der Waals surface area (Å²) in [5, 5.41) is 49.4. The van der Waals surface area contributed by atoms with E-state index in [9.17, 15) is 34.5 Å². The van der Waals surface area contributed by atoms with Crippen LogP contribution in [0.3, 0.4) is 0 Å². The number of carboxylic acids is 1. The van der Waals surface area contributed by atoms with Crippen LogP contribution in [0.25, 0.3) is 0 Å². The lowest BCUT2D eigenvalue weighted by atomic mass is 9.89. The summed E-state index contributed by atoms with van der Waals surface area (Å²) < 4.78 is 6.05. The molecular formula is C57H101N3O9. The zero-order chi connectivity index (χ0) is 50.0. The molecule has 0 saturated carbocycles. The predicted molar refractivity (Wildman–Crippen MR) is 279 cm³/mol. The van der Waals surface area contributed by atoms with Gasteiger partial charge in [0.15, 0.2) is 0 Å². The molecule has 1 aromatic carbocycles. The molecule has 0 unspecified atom stereocenters. The molecule has 0 spiro atoms. The van der Waals surface area contributed by atoms with Gasteiger partial charge in [0, 0.05) is 32.2 Å². The van der Waals surface area contributed by atoms with Crippen LogP contribution >= 0.6 is 0 Å². The van der Waals surface area contributed by atoms with Gasteiger partial charge in [0.1, 0.15) is 24.4 Å². The summed E-state index contributed by atoms with van der Waals surface area (Å²) in [5.41, 5.74) is 0.828. The van der Waals surface area contributed by atoms with E-state index in [1.54, 1.807) is 0 Å². The molecule has 1 fully saturated rings. The van der Waals surface area contributed by atoms with Crippen molar-refractivity contribution in [3.63, 3.8) is 0 Å². The van der Waals surface area contributed by atoms with Crippen LogP contribution in [0.15, 0.2) is 30.3 Å². The second-order valence-electron chi connectivity index (χ2n) is 20.3. The van der Waals surface area contributed by atoms with Gasteiger partial charge in [-0.3, -0.25) is 19.2 Å². The summed E-state index contributed by atoms with van der Waals surface area (Å²) in [5.74, 6) is -1.59. The largest absolute Gasteiger partial charge is 0.481 e.